The lowest BCUT2D eigenvalue weighted by atomic mass is 10.1. The second-order valence-electron chi connectivity index (χ2n) is 6.02. The SMILES string of the molecule is O=C(c1ccc(Cl)c(Cl)c1)N1CCN(C2CCCC2O)CC1. The fourth-order valence-corrected chi connectivity index (χ4v) is 3.71. The van der Waals surface area contributed by atoms with Gasteiger partial charge in [-0.05, 0) is 37.5 Å². The first kappa shape index (κ1) is 16.1. The molecule has 3 rings (SSSR count). The highest BCUT2D eigenvalue weighted by Crippen LogP contribution is 2.26. The third-order valence-electron chi connectivity index (χ3n) is 4.68. The predicted molar refractivity (Wildman–Crippen MR) is 87.6 cm³/mol. The Hall–Kier alpha value is -0.810. The molecule has 6 heteroatoms. The molecular weight excluding hydrogens is 323 g/mol. The number of halogens is 2. The van der Waals surface area contributed by atoms with Gasteiger partial charge in [0.2, 0.25) is 0 Å². The van der Waals surface area contributed by atoms with Crippen molar-refractivity contribution in [2.24, 2.45) is 0 Å². The number of carbonyl (C=O) groups excluding carboxylic acids is 1. The zero-order valence-electron chi connectivity index (χ0n) is 12.3. The number of hydrogen-bond donors (Lipinski definition) is 1. The van der Waals surface area contributed by atoms with Gasteiger partial charge in [-0.2, -0.15) is 0 Å². The van der Waals surface area contributed by atoms with Crippen LogP contribution in [0.3, 0.4) is 0 Å². The summed E-state index contributed by atoms with van der Waals surface area (Å²) in [6, 6.07) is 5.26. The monoisotopic (exact) mass is 342 g/mol. The van der Waals surface area contributed by atoms with E-state index in [4.69, 9.17) is 23.2 Å². The van der Waals surface area contributed by atoms with Crippen LogP contribution in [0.2, 0.25) is 10.0 Å². The van der Waals surface area contributed by atoms with Crippen molar-refractivity contribution in [3.63, 3.8) is 0 Å². The molecule has 2 atom stereocenters. The topological polar surface area (TPSA) is 43.8 Å². The van der Waals surface area contributed by atoms with Crippen LogP contribution in [-0.2, 0) is 0 Å². The molecule has 0 radical (unpaired) electrons. The quantitative estimate of drug-likeness (QED) is 0.898. The second-order valence-corrected chi connectivity index (χ2v) is 6.84. The van der Waals surface area contributed by atoms with E-state index in [0.717, 1.165) is 32.4 Å². The molecule has 1 aromatic rings. The van der Waals surface area contributed by atoms with E-state index < -0.39 is 0 Å². The van der Waals surface area contributed by atoms with Gasteiger partial charge >= 0.3 is 0 Å². The molecule has 4 nitrogen and oxygen atoms in total. The van der Waals surface area contributed by atoms with Crippen LogP contribution >= 0.6 is 23.2 Å². The fraction of sp³-hybridized carbons (Fsp3) is 0.562. The van der Waals surface area contributed by atoms with E-state index in [1.54, 1.807) is 18.2 Å². The number of benzene rings is 1. The number of rotatable bonds is 2. The summed E-state index contributed by atoms with van der Waals surface area (Å²) in [4.78, 5) is 16.7. The van der Waals surface area contributed by atoms with Crippen molar-refractivity contribution >= 4 is 29.1 Å². The van der Waals surface area contributed by atoms with Crippen molar-refractivity contribution in [2.45, 2.75) is 31.4 Å². The van der Waals surface area contributed by atoms with E-state index in [1.807, 2.05) is 4.90 Å². The molecule has 1 aromatic carbocycles. The molecule has 0 spiro atoms. The first-order valence-electron chi connectivity index (χ1n) is 7.72. The number of amides is 1. The highest BCUT2D eigenvalue weighted by molar-refractivity contribution is 6.42. The van der Waals surface area contributed by atoms with Gasteiger partial charge in [-0.25, -0.2) is 0 Å². The Kier molecular flexibility index (Phi) is 4.93. The van der Waals surface area contributed by atoms with Gasteiger partial charge in [-0.1, -0.05) is 23.2 Å². The zero-order chi connectivity index (χ0) is 15.7. The van der Waals surface area contributed by atoms with Crippen molar-refractivity contribution in [3.05, 3.63) is 33.8 Å². The van der Waals surface area contributed by atoms with Crippen molar-refractivity contribution in [1.82, 2.24) is 9.80 Å². The van der Waals surface area contributed by atoms with Gasteiger partial charge in [0.15, 0.2) is 0 Å². The van der Waals surface area contributed by atoms with Gasteiger partial charge in [0, 0.05) is 37.8 Å². The maximum atomic E-state index is 12.5. The number of piperazine rings is 1. The number of aliphatic hydroxyl groups excluding tert-OH is 1. The lowest BCUT2D eigenvalue weighted by Gasteiger charge is -2.39. The molecule has 2 aliphatic rings. The summed E-state index contributed by atoms with van der Waals surface area (Å²) in [7, 11) is 0. The summed E-state index contributed by atoms with van der Waals surface area (Å²) in [6.07, 6.45) is 2.83. The van der Waals surface area contributed by atoms with Gasteiger partial charge in [0.25, 0.3) is 5.91 Å². The average Bonchev–Trinajstić information content (AvgIpc) is 2.95. The maximum absolute atomic E-state index is 12.5. The van der Waals surface area contributed by atoms with Crippen LogP contribution in [0.15, 0.2) is 18.2 Å². The number of aliphatic hydroxyl groups is 1. The molecule has 120 valence electrons. The van der Waals surface area contributed by atoms with E-state index in [9.17, 15) is 9.90 Å². The van der Waals surface area contributed by atoms with E-state index in [2.05, 4.69) is 4.90 Å². The molecule has 1 saturated carbocycles. The molecule has 1 amide bonds. The molecular formula is C16H20Cl2N2O2. The van der Waals surface area contributed by atoms with Gasteiger partial charge in [-0.15, -0.1) is 0 Å². The first-order valence-corrected chi connectivity index (χ1v) is 8.48. The molecule has 0 aromatic heterocycles. The van der Waals surface area contributed by atoms with E-state index in [1.165, 1.54) is 0 Å². The Balaban J connectivity index is 1.61. The van der Waals surface area contributed by atoms with Crippen molar-refractivity contribution < 1.29 is 9.90 Å². The second kappa shape index (κ2) is 6.75. The Morgan fingerprint density at radius 2 is 1.82 bits per heavy atom. The lowest BCUT2D eigenvalue weighted by Crippen LogP contribution is -2.53. The normalized spacial score (nSPS) is 26.4. The molecule has 2 fully saturated rings. The fourth-order valence-electron chi connectivity index (χ4n) is 3.42. The van der Waals surface area contributed by atoms with Crippen LogP contribution in [0.25, 0.3) is 0 Å². The van der Waals surface area contributed by atoms with Gasteiger partial charge in [0.05, 0.1) is 16.1 Å². The van der Waals surface area contributed by atoms with Crippen LogP contribution in [-0.4, -0.2) is 59.1 Å². The Bertz CT molecular complexity index is 559. The minimum Gasteiger partial charge on any atom is -0.391 e. The third-order valence-corrected chi connectivity index (χ3v) is 5.42. The number of carbonyl (C=O) groups is 1. The zero-order valence-corrected chi connectivity index (χ0v) is 13.9. The van der Waals surface area contributed by atoms with Crippen LogP contribution in [0.4, 0.5) is 0 Å². The highest BCUT2D eigenvalue weighted by Gasteiger charge is 2.33. The molecule has 22 heavy (non-hydrogen) atoms. The van der Waals surface area contributed by atoms with Gasteiger partial charge in [-0.3, -0.25) is 9.69 Å². The summed E-state index contributed by atoms with van der Waals surface area (Å²) in [5.74, 6) is -0.00909. The minimum atomic E-state index is -0.211. The van der Waals surface area contributed by atoms with Crippen LogP contribution in [0.5, 0.6) is 0 Å². The molecule has 1 N–H and O–H groups in total. The minimum absolute atomic E-state index is 0.00909. The molecule has 1 heterocycles. The number of nitrogens with zero attached hydrogens (tertiary/aromatic N) is 2. The highest BCUT2D eigenvalue weighted by atomic mass is 35.5. The average molecular weight is 343 g/mol. The summed E-state index contributed by atoms with van der Waals surface area (Å²) in [5, 5.41) is 10.9. The molecule has 1 saturated heterocycles. The largest absolute Gasteiger partial charge is 0.391 e. The lowest BCUT2D eigenvalue weighted by molar-refractivity contribution is 0.0315. The predicted octanol–water partition coefficient (Wildman–Crippen LogP) is 2.66. The van der Waals surface area contributed by atoms with E-state index in [-0.39, 0.29) is 18.1 Å². The van der Waals surface area contributed by atoms with Crippen LogP contribution in [0, 0.1) is 0 Å². The summed E-state index contributed by atoms with van der Waals surface area (Å²) in [6.45, 7) is 2.99. The van der Waals surface area contributed by atoms with Crippen LogP contribution < -0.4 is 0 Å². The Morgan fingerprint density at radius 1 is 1.09 bits per heavy atom. The van der Waals surface area contributed by atoms with Crippen LogP contribution in [0.1, 0.15) is 29.6 Å². The molecule has 1 aliphatic heterocycles. The summed E-state index contributed by atoms with van der Waals surface area (Å²) in [5.41, 5.74) is 0.573. The first-order chi connectivity index (χ1) is 10.6. The van der Waals surface area contributed by atoms with E-state index >= 15 is 0 Å². The smallest absolute Gasteiger partial charge is 0.253 e. The standard InChI is InChI=1S/C16H20Cl2N2O2/c17-12-5-4-11(10-13(12)18)16(22)20-8-6-19(7-9-20)14-2-1-3-15(14)21/h4-5,10,14-15,21H,1-3,6-9H2. The van der Waals surface area contributed by atoms with Gasteiger partial charge < -0.3 is 10.0 Å². The van der Waals surface area contributed by atoms with Crippen molar-refractivity contribution in [2.75, 3.05) is 26.2 Å². The van der Waals surface area contributed by atoms with Crippen molar-refractivity contribution in [1.29, 1.82) is 0 Å². The van der Waals surface area contributed by atoms with E-state index in [0.29, 0.717) is 28.7 Å². The molecule has 0 bridgehead atoms. The summed E-state index contributed by atoms with van der Waals surface area (Å²) < 4.78 is 0. The maximum Gasteiger partial charge on any atom is 0.253 e. The third kappa shape index (κ3) is 3.25. The Labute approximate surface area is 140 Å². The van der Waals surface area contributed by atoms with Gasteiger partial charge in [0.1, 0.15) is 0 Å². The Morgan fingerprint density at radius 3 is 2.41 bits per heavy atom. The molecule has 1 aliphatic carbocycles. The number of hydrogen-bond acceptors (Lipinski definition) is 3. The summed E-state index contributed by atoms with van der Waals surface area (Å²) >= 11 is 11.9. The molecule has 2 unspecified atom stereocenters. The van der Waals surface area contributed by atoms with Crippen molar-refractivity contribution in [3.8, 4) is 0 Å².